The summed E-state index contributed by atoms with van der Waals surface area (Å²) in [7, 11) is -3.79. The number of nitrogens with one attached hydrogen (secondary N) is 2. The number of amides is 2. The molecule has 7 nitrogen and oxygen atoms in total. The fraction of sp³-hybridized carbons (Fsp3) is 0.333. The molecule has 2 amide bonds. The average Bonchev–Trinajstić information content (AvgIpc) is 2.98. The van der Waals surface area contributed by atoms with Crippen LogP contribution in [0.15, 0.2) is 47.4 Å². The number of rotatable bonds is 5. The zero-order chi connectivity index (χ0) is 21.7. The maximum Gasteiger partial charge on any atom is 0.255 e. The monoisotopic (exact) mass is 449 g/mol. The topological polar surface area (TPSA) is 95.6 Å². The van der Waals surface area contributed by atoms with E-state index in [0.29, 0.717) is 24.5 Å². The number of sulfonamides is 1. The van der Waals surface area contributed by atoms with Crippen LogP contribution in [0.5, 0.6) is 0 Å². The molecule has 0 saturated carbocycles. The third-order valence-electron chi connectivity index (χ3n) is 4.82. The SMILES string of the molecule is CC(=O)Nc1cccc(NC(=O)c2ccc(Cl)c(S(=O)(=O)N3CCCCCC3)c2)c1. The number of carbonyl (C=O) groups is 2. The van der Waals surface area contributed by atoms with Crippen molar-refractivity contribution in [2.45, 2.75) is 37.5 Å². The van der Waals surface area contributed by atoms with E-state index < -0.39 is 15.9 Å². The third kappa shape index (κ3) is 5.38. The minimum atomic E-state index is -3.79. The summed E-state index contributed by atoms with van der Waals surface area (Å²) >= 11 is 6.20. The first-order chi connectivity index (χ1) is 14.3. The summed E-state index contributed by atoms with van der Waals surface area (Å²) in [4.78, 5) is 23.9. The quantitative estimate of drug-likeness (QED) is 0.717. The van der Waals surface area contributed by atoms with Crippen LogP contribution in [0.1, 0.15) is 43.0 Å². The Hall–Kier alpha value is -2.42. The van der Waals surface area contributed by atoms with E-state index in [1.165, 1.54) is 29.4 Å². The van der Waals surface area contributed by atoms with Crippen LogP contribution in [0, 0.1) is 0 Å². The Morgan fingerprint density at radius 3 is 2.20 bits per heavy atom. The number of carbonyl (C=O) groups excluding carboxylic acids is 2. The predicted octanol–water partition coefficient (Wildman–Crippen LogP) is 4.12. The molecule has 30 heavy (non-hydrogen) atoms. The second-order valence-corrected chi connectivity index (χ2v) is 9.49. The first kappa shape index (κ1) is 22.3. The second-order valence-electron chi connectivity index (χ2n) is 7.18. The number of anilines is 2. The van der Waals surface area contributed by atoms with E-state index in [1.54, 1.807) is 24.3 Å². The summed E-state index contributed by atoms with van der Waals surface area (Å²) in [6, 6.07) is 10.9. The van der Waals surface area contributed by atoms with Gasteiger partial charge in [-0.3, -0.25) is 9.59 Å². The van der Waals surface area contributed by atoms with Gasteiger partial charge in [-0.1, -0.05) is 30.5 Å². The van der Waals surface area contributed by atoms with Gasteiger partial charge in [0, 0.05) is 37.0 Å². The van der Waals surface area contributed by atoms with Gasteiger partial charge in [0.25, 0.3) is 5.91 Å². The van der Waals surface area contributed by atoms with Gasteiger partial charge in [-0.2, -0.15) is 4.31 Å². The van der Waals surface area contributed by atoms with Crippen molar-refractivity contribution in [3.05, 3.63) is 53.1 Å². The Balaban J connectivity index is 1.84. The van der Waals surface area contributed by atoms with E-state index in [4.69, 9.17) is 11.6 Å². The highest BCUT2D eigenvalue weighted by Gasteiger charge is 2.28. The maximum atomic E-state index is 13.1. The van der Waals surface area contributed by atoms with Crippen molar-refractivity contribution < 1.29 is 18.0 Å². The molecule has 0 spiro atoms. The number of hydrogen-bond acceptors (Lipinski definition) is 4. The fourth-order valence-electron chi connectivity index (χ4n) is 3.34. The van der Waals surface area contributed by atoms with Crippen LogP contribution in [-0.4, -0.2) is 37.6 Å². The molecule has 3 rings (SSSR count). The lowest BCUT2D eigenvalue weighted by Gasteiger charge is -2.21. The lowest BCUT2D eigenvalue weighted by molar-refractivity contribution is -0.114. The summed E-state index contributed by atoms with van der Waals surface area (Å²) in [6.45, 7) is 2.29. The zero-order valence-corrected chi connectivity index (χ0v) is 18.2. The first-order valence-electron chi connectivity index (χ1n) is 9.76. The van der Waals surface area contributed by atoms with Gasteiger partial charge in [0.05, 0.1) is 5.02 Å². The third-order valence-corrected chi connectivity index (χ3v) is 7.20. The molecule has 2 N–H and O–H groups in total. The van der Waals surface area contributed by atoms with Crippen LogP contribution in [0.2, 0.25) is 5.02 Å². The molecule has 0 radical (unpaired) electrons. The van der Waals surface area contributed by atoms with Crippen LogP contribution in [0.3, 0.4) is 0 Å². The minimum Gasteiger partial charge on any atom is -0.326 e. The molecule has 1 saturated heterocycles. The highest BCUT2D eigenvalue weighted by Crippen LogP contribution is 2.28. The van der Waals surface area contributed by atoms with Gasteiger partial charge < -0.3 is 10.6 Å². The van der Waals surface area contributed by atoms with E-state index >= 15 is 0 Å². The lowest BCUT2D eigenvalue weighted by atomic mass is 10.2. The molecule has 0 bridgehead atoms. The predicted molar refractivity (Wildman–Crippen MR) is 117 cm³/mol. The van der Waals surface area contributed by atoms with Crippen molar-refractivity contribution in [1.82, 2.24) is 4.31 Å². The highest BCUT2D eigenvalue weighted by atomic mass is 35.5. The summed E-state index contributed by atoms with van der Waals surface area (Å²) in [5.74, 6) is -0.696. The number of halogens is 1. The molecule has 1 fully saturated rings. The smallest absolute Gasteiger partial charge is 0.255 e. The van der Waals surface area contributed by atoms with Crippen LogP contribution >= 0.6 is 11.6 Å². The molecule has 2 aromatic carbocycles. The Kier molecular flexibility index (Phi) is 7.12. The van der Waals surface area contributed by atoms with Crippen molar-refractivity contribution in [3.63, 3.8) is 0 Å². The van der Waals surface area contributed by atoms with Gasteiger partial charge in [0.1, 0.15) is 4.90 Å². The molecule has 0 aromatic heterocycles. The highest BCUT2D eigenvalue weighted by molar-refractivity contribution is 7.89. The molecule has 160 valence electrons. The molecule has 1 aliphatic heterocycles. The number of nitrogens with zero attached hydrogens (tertiary/aromatic N) is 1. The van der Waals surface area contributed by atoms with E-state index in [0.717, 1.165) is 25.7 Å². The van der Waals surface area contributed by atoms with Gasteiger partial charge in [-0.15, -0.1) is 0 Å². The van der Waals surface area contributed by atoms with E-state index in [2.05, 4.69) is 10.6 Å². The van der Waals surface area contributed by atoms with Crippen molar-refractivity contribution in [2.75, 3.05) is 23.7 Å². The number of hydrogen-bond donors (Lipinski definition) is 2. The summed E-state index contributed by atoms with van der Waals surface area (Å²) in [5.41, 5.74) is 1.19. The lowest BCUT2D eigenvalue weighted by Crippen LogP contribution is -2.32. The van der Waals surface area contributed by atoms with E-state index in [1.807, 2.05) is 0 Å². The summed E-state index contributed by atoms with van der Waals surface area (Å²) in [6.07, 6.45) is 3.61. The molecular weight excluding hydrogens is 426 g/mol. The normalized spacial score (nSPS) is 15.3. The van der Waals surface area contributed by atoms with Crippen LogP contribution in [0.25, 0.3) is 0 Å². The Morgan fingerprint density at radius 1 is 0.933 bits per heavy atom. The minimum absolute atomic E-state index is 0.0642. The van der Waals surface area contributed by atoms with Gasteiger partial charge in [0.2, 0.25) is 15.9 Å². The fourth-order valence-corrected chi connectivity index (χ4v) is 5.36. The van der Waals surface area contributed by atoms with Crippen LogP contribution in [-0.2, 0) is 14.8 Å². The van der Waals surface area contributed by atoms with Crippen molar-refractivity contribution in [3.8, 4) is 0 Å². The van der Waals surface area contributed by atoms with E-state index in [-0.39, 0.29) is 21.4 Å². The van der Waals surface area contributed by atoms with Crippen molar-refractivity contribution in [1.29, 1.82) is 0 Å². The first-order valence-corrected chi connectivity index (χ1v) is 11.6. The molecular formula is C21H24ClN3O4S. The van der Waals surface area contributed by atoms with E-state index in [9.17, 15) is 18.0 Å². The Bertz CT molecular complexity index is 1050. The van der Waals surface area contributed by atoms with Gasteiger partial charge in [-0.05, 0) is 49.2 Å². The van der Waals surface area contributed by atoms with Crippen molar-refractivity contribution in [2.24, 2.45) is 0 Å². The molecule has 0 aliphatic carbocycles. The second kappa shape index (κ2) is 9.59. The summed E-state index contributed by atoms with van der Waals surface area (Å²) in [5, 5.41) is 5.45. The largest absolute Gasteiger partial charge is 0.326 e. The van der Waals surface area contributed by atoms with Crippen LogP contribution in [0.4, 0.5) is 11.4 Å². The Morgan fingerprint density at radius 2 is 1.57 bits per heavy atom. The van der Waals surface area contributed by atoms with Gasteiger partial charge >= 0.3 is 0 Å². The average molecular weight is 450 g/mol. The molecule has 1 aliphatic rings. The summed E-state index contributed by atoms with van der Waals surface area (Å²) < 4.78 is 27.7. The molecule has 0 atom stereocenters. The molecule has 2 aromatic rings. The standard InChI is InChI=1S/C21H24ClN3O4S/c1-15(26)23-17-7-6-8-18(14-17)24-21(27)16-9-10-19(22)20(13-16)30(28,29)25-11-4-2-3-5-12-25/h6-10,13-14H,2-5,11-12H2,1H3,(H,23,26)(H,24,27). The van der Waals surface area contributed by atoms with Crippen molar-refractivity contribution >= 4 is 44.8 Å². The van der Waals surface area contributed by atoms with Gasteiger partial charge in [-0.25, -0.2) is 8.42 Å². The molecule has 1 heterocycles. The van der Waals surface area contributed by atoms with Gasteiger partial charge in [0.15, 0.2) is 0 Å². The Labute approximate surface area is 181 Å². The van der Waals surface area contributed by atoms with Crippen LogP contribution < -0.4 is 10.6 Å². The zero-order valence-electron chi connectivity index (χ0n) is 16.7. The maximum absolute atomic E-state index is 13.1. The number of benzene rings is 2. The molecule has 9 heteroatoms. The molecule has 0 unspecified atom stereocenters.